The summed E-state index contributed by atoms with van der Waals surface area (Å²) >= 11 is 3.04. The summed E-state index contributed by atoms with van der Waals surface area (Å²) in [4.78, 5) is 6.25. The van der Waals surface area contributed by atoms with Gasteiger partial charge in [-0.3, -0.25) is 0 Å². The van der Waals surface area contributed by atoms with Crippen LogP contribution in [0.2, 0.25) is 0 Å². The fraction of sp³-hybridized carbons (Fsp3) is 0.643. The lowest BCUT2D eigenvalue weighted by Crippen LogP contribution is -2.39. The number of halogens is 4. The van der Waals surface area contributed by atoms with E-state index in [9.17, 15) is 13.2 Å². The quantitative estimate of drug-likeness (QED) is 0.868. The Labute approximate surface area is 131 Å². The third-order valence-corrected chi connectivity index (χ3v) is 4.06. The van der Waals surface area contributed by atoms with Crippen LogP contribution in [0.1, 0.15) is 31.7 Å². The van der Waals surface area contributed by atoms with Crippen LogP contribution in [-0.4, -0.2) is 35.6 Å². The van der Waals surface area contributed by atoms with Crippen molar-refractivity contribution in [1.82, 2.24) is 9.88 Å². The lowest BCUT2D eigenvalue weighted by Gasteiger charge is -2.32. The Morgan fingerprint density at radius 3 is 2.62 bits per heavy atom. The third kappa shape index (κ3) is 4.57. The van der Waals surface area contributed by atoms with Gasteiger partial charge in [-0.15, -0.1) is 0 Å². The molecule has 7 heteroatoms. The van der Waals surface area contributed by atoms with Gasteiger partial charge in [-0.25, -0.2) is 4.98 Å². The molecule has 1 fully saturated rings. The number of hydrogen-bond acceptors (Lipinski definition) is 3. The highest BCUT2D eigenvalue weighted by Crippen LogP contribution is 2.35. The highest BCUT2D eigenvalue weighted by atomic mass is 79.9. The number of alkyl halides is 3. The molecular weight excluding hydrogens is 347 g/mol. The first-order valence-electron chi connectivity index (χ1n) is 7.11. The Morgan fingerprint density at radius 2 is 2.05 bits per heavy atom. The van der Waals surface area contributed by atoms with Crippen molar-refractivity contribution >= 4 is 21.7 Å². The molecule has 118 valence electrons. The minimum atomic E-state index is -4.40. The summed E-state index contributed by atoms with van der Waals surface area (Å²) in [5, 5.41) is 2.97. The van der Waals surface area contributed by atoms with Crippen LogP contribution in [0, 0.1) is 0 Å². The van der Waals surface area contributed by atoms with Crippen LogP contribution in [-0.2, 0) is 6.18 Å². The summed E-state index contributed by atoms with van der Waals surface area (Å²) in [6, 6.07) is 1.12. The molecule has 1 aromatic rings. The second-order valence-corrected chi connectivity index (χ2v) is 6.22. The van der Waals surface area contributed by atoms with Crippen molar-refractivity contribution in [3.8, 4) is 0 Å². The lowest BCUT2D eigenvalue weighted by molar-refractivity contribution is -0.137. The summed E-state index contributed by atoms with van der Waals surface area (Å²) < 4.78 is 39.4. The Kier molecular flexibility index (Phi) is 5.48. The molecular formula is C14H19BrF3N3. The number of likely N-dealkylation sites (tertiary alicyclic amines) is 1. The number of hydrogen-bond donors (Lipinski definition) is 1. The van der Waals surface area contributed by atoms with E-state index in [4.69, 9.17) is 0 Å². The highest BCUT2D eigenvalue weighted by molar-refractivity contribution is 9.10. The fourth-order valence-electron chi connectivity index (χ4n) is 2.58. The smallest absolute Gasteiger partial charge is 0.367 e. The average Bonchev–Trinajstić information content (AvgIpc) is 2.42. The van der Waals surface area contributed by atoms with Crippen LogP contribution in [0.3, 0.4) is 0 Å². The molecule has 0 aliphatic carbocycles. The van der Waals surface area contributed by atoms with Crippen molar-refractivity contribution in [2.75, 3.05) is 25.0 Å². The number of aromatic nitrogens is 1. The normalized spacial score (nSPS) is 18.0. The van der Waals surface area contributed by atoms with Gasteiger partial charge in [0.05, 0.1) is 5.56 Å². The topological polar surface area (TPSA) is 28.2 Å². The molecule has 3 nitrogen and oxygen atoms in total. The molecule has 0 aromatic carbocycles. The van der Waals surface area contributed by atoms with Gasteiger partial charge >= 0.3 is 6.18 Å². The minimum absolute atomic E-state index is 0.0490. The minimum Gasteiger partial charge on any atom is -0.367 e. The summed E-state index contributed by atoms with van der Waals surface area (Å²) in [6.45, 7) is 5.02. The zero-order valence-corrected chi connectivity index (χ0v) is 13.5. The highest BCUT2D eigenvalue weighted by Gasteiger charge is 2.35. The lowest BCUT2D eigenvalue weighted by atomic mass is 10.0. The molecule has 1 N–H and O–H groups in total. The third-order valence-electron chi connectivity index (χ3n) is 3.63. The van der Waals surface area contributed by atoms with Gasteiger partial charge in [-0.05, 0) is 47.8 Å². The monoisotopic (exact) mass is 365 g/mol. The maximum Gasteiger partial charge on any atom is 0.419 e. The molecule has 0 radical (unpaired) electrons. The summed E-state index contributed by atoms with van der Waals surface area (Å²) in [5.41, 5.74) is -0.715. The van der Waals surface area contributed by atoms with Gasteiger partial charge in [0.15, 0.2) is 0 Å². The summed E-state index contributed by atoms with van der Waals surface area (Å²) in [7, 11) is 0. The van der Waals surface area contributed by atoms with E-state index in [0.717, 1.165) is 45.0 Å². The van der Waals surface area contributed by atoms with Crippen molar-refractivity contribution in [3.63, 3.8) is 0 Å². The number of pyridine rings is 1. The number of anilines is 1. The molecule has 0 unspecified atom stereocenters. The van der Waals surface area contributed by atoms with E-state index >= 15 is 0 Å². The number of rotatable bonds is 4. The van der Waals surface area contributed by atoms with E-state index in [2.05, 4.69) is 38.1 Å². The second kappa shape index (κ2) is 6.96. The van der Waals surface area contributed by atoms with Gasteiger partial charge in [0, 0.05) is 29.8 Å². The van der Waals surface area contributed by atoms with Gasteiger partial charge in [0.2, 0.25) is 0 Å². The summed E-state index contributed by atoms with van der Waals surface area (Å²) in [5.74, 6) is -0.0698. The van der Waals surface area contributed by atoms with Gasteiger partial charge in [-0.1, -0.05) is 6.92 Å². The van der Waals surface area contributed by atoms with Crippen LogP contribution in [0.5, 0.6) is 0 Å². The average molecular weight is 366 g/mol. The molecule has 1 aliphatic heterocycles. The molecule has 0 bridgehead atoms. The van der Waals surface area contributed by atoms with E-state index in [-0.39, 0.29) is 11.9 Å². The van der Waals surface area contributed by atoms with Gasteiger partial charge in [-0.2, -0.15) is 13.2 Å². The van der Waals surface area contributed by atoms with Crippen molar-refractivity contribution < 1.29 is 13.2 Å². The molecule has 1 aliphatic rings. The number of nitrogens with one attached hydrogen (secondary N) is 1. The van der Waals surface area contributed by atoms with E-state index < -0.39 is 11.7 Å². The Morgan fingerprint density at radius 1 is 1.38 bits per heavy atom. The summed E-state index contributed by atoms with van der Waals surface area (Å²) in [6.07, 6.45) is -0.222. The zero-order chi connectivity index (χ0) is 15.5. The first kappa shape index (κ1) is 16.5. The van der Waals surface area contributed by atoms with E-state index in [1.807, 2.05) is 0 Å². The van der Waals surface area contributed by atoms with Crippen LogP contribution in [0.4, 0.5) is 19.0 Å². The predicted molar refractivity (Wildman–Crippen MR) is 80.3 cm³/mol. The fourth-order valence-corrected chi connectivity index (χ4v) is 2.91. The molecule has 2 heterocycles. The molecule has 2 rings (SSSR count). The molecule has 1 saturated heterocycles. The molecule has 21 heavy (non-hydrogen) atoms. The SMILES string of the molecule is CCCN1CCC(Nc2ncc(Br)cc2C(F)(F)F)CC1. The van der Waals surface area contributed by atoms with Crippen LogP contribution < -0.4 is 5.32 Å². The van der Waals surface area contributed by atoms with E-state index in [1.165, 1.54) is 6.20 Å². The van der Waals surface area contributed by atoms with Crippen LogP contribution in [0.25, 0.3) is 0 Å². The maximum atomic E-state index is 13.0. The number of piperidine rings is 1. The maximum absolute atomic E-state index is 13.0. The first-order chi connectivity index (χ1) is 9.90. The van der Waals surface area contributed by atoms with Crippen molar-refractivity contribution in [3.05, 3.63) is 22.3 Å². The van der Waals surface area contributed by atoms with Crippen molar-refractivity contribution in [1.29, 1.82) is 0 Å². The molecule has 0 saturated carbocycles. The van der Waals surface area contributed by atoms with Gasteiger partial charge in [0.1, 0.15) is 5.82 Å². The molecule has 0 spiro atoms. The van der Waals surface area contributed by atoms with Crippen LogP contribution in [0.15, 0.2) is 16.7 Å². The largest absolute Gasteiger partial charge is 0.419 e. The van der Waals surface area contributed by atoms with E-state index in [0.29, 0.717) is 4.47 Å². The molecule has 1 aromatic heterocycles. The van der Waals surface area contributed by atoms with Gasteiger partial charge in [0.25, 0.3) is 0 Å². The van der Waals surface area contributed by atoms with Crippen LogP contribution >= 0.6 is 15.9 Å². The Hall–Kier alpha value is -0.820. The Bertz CT molecular complexity index is 471. The van der Waals surface area contributed by atoms with Gasteiger partial charge < -0.3 is 10.2 Å². The molecule has 0 atom stereocenters. The number of nitrogens with zero attached hydrogens (tertiary/aromatic N) is 2. The first-order valence-corrected chi connectivity index (χ1v) is 7.91. The zero-order valence-electron chi connectivity index (χ0n) is 11.9. The second-order valence-electron chi connectivity index (χ2n) is 5.31. The van der Waals surface area contributed by atoms with Crippen molar-refractivity contribution in [2.24, 2.45) is 0 Å². The Balaban J connectivity index is 2.04. The molecule has 0 amide bonds. The standard InChI is InChI=1S/C14H19BrF3N3/c1-2-5-21-6-3-11(4-7-21)20-13-12(14(16,17)18)8-10(15)9-19-13/h8-9,11H,2-7H2,1H3,(H,19,20). The van der Waals surface area contributed by atoms with E-state index in [1.54, 1.807) is 0 Å². The predicted octanol–water partition coefficient (Wildman–Crippen LogP) is 4.15. The van der Waals surface area contributed by atoms with Crippen molar-refractivity contribution in [2.45, 2.75) is 38.4 Å².